The number of rotatable bonds is 5. The first kappa shape index (κ1) is 9.56. The predicted molar refractivity (Wildman–Crippen MR) is 37.2 cm³/mol. The van der Waals surface area contributed by atoms with Crippen LogP contribution in [0.5, 0.6) is 0 Å². The molecule has 6 nitrogen and oxygen atoms in total. The normalized spacial score (nSPS) is 24.9. The maximum Gasteiger partial charge on any atom is 0.151 e. The van der Waals surface area contributed by atoms with E-state index in [1.807, 2.05) is 0 Å². The van der Waals surface area contributed by atoms with E-state index < -0.39 is 31.0 Å². The van der Waals surface area contributed by atoms with Crippen molar-refractivity contribution >= 4 is 6.29 Å². The summed E-state index contributed by atoms with van der Waals surface area (Å²) in [5.41, 5.74) is 0. The summed E-state index contributed by atoms with van der Waals surface area (Å²) in [6.07, 6.45) is -8.80. The predicted octanol–water partition coefficient (Wildman–Crippen LogP) is -3.38. The van der Waals surface area contributed by atoms with E-state index in [1.165, 1.54) is 0 Å². The summed E-state index contributed by atoms with van der Waals surface area (Å²) < 4.78 is 6.85. The zero-order chi connectivity index (χ0) is 10.6. The minimum atomic E-state index is -2.70. The van der Waals surface area contributed by atoms with Gasteiger partial charge >= 0.3 is 0 Å². The molecule has 0 bridgehead atoms. The van der Waals surface area contributed by atoms with Crippen molar-refractivity contribution < 1.29 is 31.7 Å². The molecule has 0 saturated carbocycles. The molecule has 0 radical (unpaired) electrons. The Hall–Kier alpha value is -0.530. The van der Waals surface area contributed by atoms with Crippen molar-refractivity contribution in [1.82, 2.24) is 0 Å². The minimum absolute atomic E-state index is 0.0542. The Morgan fingerprint density at radius 1 is 1.25 bits per heavy atom. The summed E-state index contributed by atoms with van der Waals surface area (Å²) >= 11 is 0. The van der Waals surface area contributed by atoms with Crippen molar-refractivity contribution in [2.24, 2.45) is 0 Å². The van der Waals surface area contributed by atoms with E-state index in [2.05, 4.69) is 0 Å². The number of aliphatic hydroxyl groups excluding tert-OH is 4. The first-order chi connectivity index (χ1) is 5.86. The monoisotopic (exact) mass is 181 g/mol. The molecule has 0 aliphatic heterocycles. The van der Waals surface area contributed by atoms with Gasteiger partial charge < -0.3 is 30.3 Å². The molecule has 0 aliphatic rings. The van der Waals surface area contributed by atoms with Crippen LogP contribution in [-0.4, -0.2) is 62.8 Å². The van der Waals surface area contributed by atoms with Gasteiger partial charge in [0.25, 0.3) is 0 Å². The van der Waals surface area contributed by atoms with Crippen LogP contribution in [0.15, 0.2) is 0 Å². The average molecular weight is 181 g/mol. The molecule has 0 heterocycles. The number of carbonyl (C=O) groups is 1. The van der Waals surface area contributed by atoms with Gasteiger partial charge in [0.2, 0.25) is 0 Å². The number of aliphatic hydroxyl groups is 5. The molecular formula is C6H12O6. The molecule has 0 aromatic heterocycles. The van der Waals surface area contributed by atoms with Crippen molar-refractivity contribution in [3.8, 4) is 0 Å². The van der Waals surface area contributed by atoms with Crippen molar-refractivity contribution in [3.05, 3.63) is 0 Å². The third-order valence-corrected chi connectivity index (χ3v) is 1.32. The van der Waals surface area contributed by atoms with Crippen LogP contribution in [-0.2, 0) is 4.79 Å². The molecule has 0 spiro atoms. The highest BCUT2D eigenvalue weighted by Gasteiger charge is 2.29. The molecule has 5 N–H and O–H groups in total. The van der Waals surface area contributed by atoms with Gasteiger partial charge in [-0.3, -0.25) is 0 Å². The molecule has 0 rings (SSSR count). The molecule has 0 unspecified atom stereocenters. The van der Waals surface area contributed by atoms with Gasteiger partial charge in [-0.15, -0.1) is 0 Å². The van der Waals surface area contributed by atoms with E-state index in [4.69, 9.17) is 26.9 Å². The highest BCUT2D eigenvalue weighted by atomic mass is 16.4. The van der Waals surface area contributed by atoms with Gasteiger partial charge in [-0.1, -0.05) is 0 Å². The van der Waals surface area contributed by atoms with E-state index in [9.17, 15) is 4.79 Å². The Bertz CT molecular complexity index is 173. The molecule has 6 heteroatoms. The first-order valence-electron chi connectivity index (χ1n) is 3.69. The second kappa shape index (κ2) is 5.18. The van der Waals surface area contributed by atoms with Crippen LogP contribution < -0.4 is 0 Å². The van der Waals surface area contributed by atoms with Gasteiger partial charge in [-0.2, -0.15) is 0 Å². The smallest absolute Gasteiger partial charge is 0.151 e. The van der Waals surface area contributed by atoms with Gasteiger partial charge in [0, 0.05) is 0 Å². The van der Waals surface area contributed by atoms with Gasteiger partial charge in [-0.05, 0) is 0 Å². The second-order valence-corrected chi connectivity index (χ2v) is 2.21. The Morgan fingerprint density at radius 3 is 2.08 bits per heavy atom. The van der Waals surface area contributed by atoms with E-state index in [-0.39, 0.29) is 6.29 Å². The summed E-state index contributed by atoms with van der Waals surface area (Å²) in [6.45, 7) is -1.13. The zero-order valence-corrected chi connectivity index (χ0v) is 6.16. The molecule has 12 heavy (non-hydrogen) atoms. The summed E-state index contributed by atoms with van der Waals surface area (Å²) in [5.74, 6) is 0. The second-order valence-electron chi connectivity index (χ2n) is 2.21. The van der Waals surface area contributed by atoms with Crippen LogP contribution in [0.2, 0.25) is 0 Å². The Labute approximate surface area is 70.1 Å². The van der Waals surface area contributed by atoms with E-state index in [0.29, 0.717) is 0 Å². The van der Waals surface area contributed by atoms with Crippen molar-refractivity contribution in [2.75, 3.05) is 6.61 Å². The quantitative estimate of drug-likeness (QED) is 0.282. The maximum absolute atomic E-state index is 9.94. The molecule has 4 atom stereocenters. The van der Waals surface area contributed by atoms with Crippen molar-refractivity contribution in [3.63, 3.8) is 0 Å². The van der Waals surface area contributed by atoms with E-state index in [1.54, 1.807) is 0 Å². The fourth-order valence-corrected chi connectivity index (χ4v) is 0.558. The SMILES string of the molecule is [2H][C@@](O)(CO)[C@@H](O)[C@H](O)[C@H](O)C=O. The standard InChI is InChI=1S/C6H12O6/c7-1-3(9)5(11)6(12)4(10)2-8/h1,3-6,8-12H,2H2/t3-,4-,5-,6-/m1/s1/i4D. The Kier molecular flexibility index (Phi) is 4.12. The summed E-state index contributed by atoms with van der Waals surface area (Å²) in [5, 5.41) is 43.9. The highest BCUT2D eigenvalue weighted by Crippen LogP contribution is 2.02. The molecule has 0 saturated heterocycles. The van der Waals surface area contributed by atoms with Gasteiger partial charge in [0.05, 0.1) is 7.98 Å². The molecule has 0 fully saturated rings. The largest absolute Gasteiger partial charge is 0.394 e. The van der Waals surface area contributed by atoms with Crippen molar-refractivity contribution in [1.29, 1.82) is 0 Å². The van der Waals surface area contributed by atoms with Crippen LogP contribution in [0.3, 0.4) is 0 Å². The highest BCUT2D eigenvalue weighted by molar-refractivity contribution is 5.56. The lowest BCUT2D eigenvalue weighted by molar-refractivity contribution is -0.136. The third-order valence-electron chi connectivity index (χ3n) is 1.32. The fraction of sp³-hybridized carbons (Fsp3) is 0.833. The van der Waals surface area contributed by atoms with Crippen LogP contribution in [0.25, 0.3) is 0 Å². The van der Waals surface area contributed by atoms with Crippen LogP contribution in [0.1, 0.15) is 1.37 Å². The van der Waals surface area contributed by atoms with Gasteiger partial charge in [0.1, 0.15) is 24.4 Å². The lowest BCUT2D eigenvalue weighted by atomic mass is 10.0. The molecule has 0 aromatic carbocycles. The van der Waals surface area contributed by atoms with Crippen molar-refractivity contribution in [2.45, 2.75) is 24.4 Å². The molecule has 72 valence electrons. The lowest BCUT2D eigenvalue weighted by Crippen LogP contribution is -2.46. The van der Waals surface area contributed by atoms with Gasteiger partial charge in [0.15, 0.2) is 6.29 Å². The number of carbonyl (C=O) groups excluding carboxylic acids is 1. The van der Waals surface area contributed by atoms with Gasteiger partial charge in [-0.25, -0.2) is 0 Å². The maximum atomic E-state index is 9.94. The minimum Gasteiger partial charge on any atom is -0.394 e. The van der Waals surface area contributed by atoms with E-state index in [0.717, 1.165) is 0 Å². The molecule has 0 aliphatic carbocycles. The molecule has 0 amide bonds. The topological polar surface area (TPSA) is 118 Å². The number of aldehydes is 1. The zero-order valence-electron chi connectivity index (χ0n) is 7.16. The Balaban J connectivity index is 4.40. The van der Waals surface area contributed by atoms with E-state index >= 15 is 0 Å². The van der Waals surface area contributed by atoms with Crippen LogP contribution in [0, 0.1) is 0 Å². The summed E-state index contributed by atoms with van der Waals surface area (Å²) in [4.78, 5) is 9.94. The molecular weight excluding hydrogens is 168 g/mol. The lowest BCUT2D eigenvalue weighted by Gasteiger charge is -2.22. The summed E-state index contributed by atoms with van der Waals surface area (Å²) in [7, 11) is 0. The number of hydrogen-bond donors (Lipinski definition) is 5. The summed E-state index contributed by atoms with van der Waals surface area (Å²) in [6, 6.07) is 0. The molecule has 0 aromatic rings. The Morgan fingerprint density at radius 2 is 1.75 bits per heavy atom. The average Bonchev–Trinajstić information content (AvgIpc) is 2.14. The van der Waals surface area contributed by atoms with Crippen LogP contribution >= 0.6 is 0 Å². The third kappa shape index (κ3) is 2.84. The number of hydrogen-bond acceptors (Lipinski definition) is 6. The first-order valence-corrected chi connectivity index (χ1v) is 3.19. The fourth-order valence-electron chi connectivity index (χ4n) is 0.558. The van der Waals surface area contributed by atoms with Crippen LogP contribution in [0.4, 0.5) is 0 Å².